The van der Waals surface area contributed by atoms with E-state index in [0.29, 0.717) is 23.5 Å². The van der Waals surface area contributed by atoms with Crippen LogP contribution in [-0.4, -0.2) is 10.0 Å². The van der Waals surface area contributed by atoms with Crippen LogP contribution in [0.4, 0.5) is 5.69 Å². The van der Waals surface area contributed by atoms with E-state index < -0.39 is 11.0 Å². The monoisotopic (exact) mass is 307 g/mol. The van der Waals surface area contributed by atoms with E-state index in [1.54, 1.807) is 24.3 Å². The molecule has 0 spiro atoms. The van der Waals surface area contributed by atoms with E-state index in [-0.39, 0.29) is 10.7 Å². The SMILES string of the molecule is CC[C@@H](O)c1ccccc1Oc1ccc([N+](=O)[O-])cc1Cl. The van der Waals surface area contributed by atoms with Gasteiger partial charge in [-0.3, -0.25) is 10.1 Å². The lowest BCUT2D eigenvalue weighted by Crippen LogP contribution is -1.99. The van der Waals surface area contributed by atoms with Crippen LogP contribution in [0.5, 0.6) is 11.5 Å². The summed E-state index contributed by atoms with van der Waals surface area (Å²) in [5.74, 6) is 0.778. The molecule has 1 atom stereocenters. The number of hydrogen-bond donors (Lipinski definition) is 1. The van der Waals surface area contributed by atoms with Gasteiger partial charge in [0.15, 0.2) is 0 Å². The van der Waals surface area contributed by atoms with Gasteiger partial charge in [0, 0.05) is 17.7 Å². The molecule has 2 aromatic carbocycles. The van der Waals surface area contributed by atoms with E-state index in [1.807, 2.05) is 6.92 Å². The maximum Gasteiger partial charge on any atom is 0.271 e. The standard InChI is InChI=1S/C15H14ClNO4/c1-2-13(18)11-5-3-4-6-14(11)21-15-8-7-10(17(19)20)9-12(15)16/h3-9,13,18H,2H2,1H3/t13-/m1/s1. The van der Waals surface area contributed by atoms with Crippen LogP contribution in [0, 0.1) is 10.1 Å². The highest BCUT2D eigenvalue weighted by molar-refractivity contribution is 6.32. The largest absolute Gasteiger partial charge is 0.455 e. The maximum atomic E-state index is 10.7. The molecule has 21 heavy (non-hydrogen) atoms. The molecule has 0 fully saturated rings. The average molecular weight is 308 g/mol. The second-order valence-electron chi connectivity index (χ2n) is 4.44. The zero-order valence-electron chi connectivity index (χ0n) is 11.3. The lowest BCUT2D eigenvalue weighted by atomic mass is 10.1. The van der Waals surface area contributed by atoms with Crippen LogP contribution in [0.1, 0.15) is 25.0 Å². The van der Waals surface area contributed by atoms with Crippen LogP contribution < -0.4 is 4.74 Å². The van der Waals surface area contributed by atoms with Crippen LogP contribution >= 0.6 is 11.6 Å². The van der Waals surface area contributed by atoms with Crippen LogP contribution in [0.15, 0.2) is 42.5 Å². The van der Waals surface area contributed by atoms with Crippen molar-refractivity contribution in [2.24, 2.45) is 0 Å². The second-order valence-corrected chi connectivity index (χ2v) is 4.84. The van der Waals surface area contributed by atoms with E-state index in [1.165, 1.54) is 18.2 Å². The number of non-ortho nitro benzene ring substituents is 1. The van der Waals surface area contributed by atoms with Gasteiger partial charge in [0.1, 0.15) is 11.5 Å². The normalized spacial score (nSPS) is 12.0. The first-order valence-electron chi connectivity index (χ1n) is 6.41. The van der Waals surface area contributed by atoms with Crippen molar-refractivity contribution in [1.29, 1.82) is 0 Å². The number of aliphatic hydroxyl groups is 1. The zero-order valence-corrected chi connectivity index (χ0v) is 12.1. The van der Waals surface area contributed by atoms with Crippen LogP contribution in [-0.2, 0) is 0 Å². The molecule has 0 aliphatic rings. The van der Waals surface area contributed by atoms with Crippen molar-refractivity contribution < 1.29 is 14.8 Å². The number of para-hydroxylation sites is 1. The number of rotatable bonds is 5. The summed E-state index contributed by atoms with van der Waals surface area (Å²) < 4.78 is 5.68. The molecule has 0 radical (unpaired) electrons. The molecule has 0 aromatic heterocycles. The second kappa shape index (κ2) is 6.56. The first-order valence-corrected chi connectivity index (χ1v) is 6.79. The minimum Gasteiger partial charge on any atom is -0.455 e. The summed E-state index contributed by atoms with van der Waals surface area (Å²) in [5.41, 5.74) is 0.545. The molecule has 110 valence electrons. The van der Waals surface area contributed by atoms with E-state index >= 15 is 0 Å². The Bertz CT molecular complexity index is 660. The summed E-state index contributed by atoms with van der Waals surface area (Å²) in [6.07, 6.45) is -0.0908. The molecule has 0 unspecified atom stereocenters. The van der Waals surface area contributed by atoms with Gasteiger partial charge in [-0.15, -0.1) is 0 Å². The summed E-state index contributed by atoms with van der Waals surface area (Å²) >= 11 is 6.00. The van der Waals surface area contributed by atoms with Crippen LogP contribution in [0.25, 0.3) is 0 Å². The Morgan fingerprint density at radius 2 is 2.00 bits per heavy atom. The molecule has 2 rings (SSSR count). The molecular weight excluding hydrogens is 294 g/mol. The topological polar surface area (TPSA) is 72.6 Å². The predicted molar refractivity (Wildman–Crippen MR) is 79.9 cm³/mol. The molecule has 0 amide bonds. The first-order chi connectivity index (χ1) is 10.0. The zero-order chi connectivity index (χ0) is 15.4. The molecule has 2 aromatic rings. The third-order valence-corrected chi connectivity index (χ3v) is 3.31. The fraction of sp³-hybridized carbons (Fsp3) is 0.200. The number of aliphatic hydroxyl groups excluding tert-OH is 1. The average Bonchev–Trinajstić information content (AvgIpc) is 2.49. The molecule has 0 bridgehead atoms. The van der Waals surface area contributed by atoms with Gasteiger partial charge in [-0.1, -0.05) is 36.7 Å². The van der Waals surface area contributed by atoms with E-state index in [2.05, 4.69) is 0 Å². The van der Waals surface area contributed by atoms with Crippen molar-refractivity contribution in [2.45, 2.75) is 19.4 Å². The molecular formula is C15H14ClNO4. The Labute approximate surface area is 126 Å². The molecule has 5 nitrogen and oxygen atoms in total. The van der Waals surface area contributed by atoms with Crippen molar-refractivity contribution in [3.8, 4) is 11.5 Å². The van der Waals surface area contributed by atoms with Crippen molar-refractivity contribution in [2.75, 3.05) is 0 Å². The van der Waals surface area contributed by atoms with Crippen molar-refractivity contribution in [1.82, 2.24) is 0 Å². The molecule has 6 heteroatoms. The van der Waals surface area contributed by atoms with Crippen molar-refractivity contribution in [3.05, 3.63) is 63.2 Å². The number of benzene rings is 2. The smallest absolute Gasteiger partial charge is 0.271 e. The van der Waals surface area contributed by atoms with Gasteiger partial charge in [0.25, 0.3) is 5.69 Å². The third kappa shape index (κ3) is 3.51. The van der Waals surface area contributed by atoms with E-state index in [9.17, 15) is 15.2 Å². The van der Waals surface area contributed by atoms with Gasteiger partial charge in [-0.2, -0.15) is 0 Å². The summed E-state index contributed by atoms with van der Waals surface area (Å²) in [6.45, 7) is 1.86. The number of nitro benzene ring substituents is 1. The number of nitro groups is 1. The molecule has 0 saturated carbocycles. The predicted octanol–water partition coefficient (Wildman–Crippen LogP) is 4.48. The summed E-state index contributed by atoms with van der Waals surface area (Å²) in [4.78, 5) is 10.2. The molecule has 1 N–H and O–H groups in total. The Kier molecular flexibility index (Phi) is 4.77. The Balaban J connectivity index is 2.33. The molecule has 0 saturated heterocycles. The van der Waals surface area contributed by atoms with E-state index in [0.717, 1.165) is 0 Å². The molecule has 0 aliphatic carbocycles. The van der Waals surface area contributed by atoms with Gasteiger partial charge in [0.2, 0.25) is 0 Å². The number of nitrogens with zero attached hydrogens (tertiary/aromatic N) is 1. The minimum atomic E-state index is -0.641. The van der Waals surface area contributed by atoms with Crippen LogP contribution in [0.2, 0.25) is 5.02 Å². The fourth-order valence-electron chi connectivity index (χ4n) is 1.87. The summed E-state index contributed by atoms with van der Waals surface area (Å²) in [7, 11) is 0. The van der Waals surface area contributed by atoms with E-state index in [4.69, 9.17) is 16.3 Å². The number of ether oxygens (including phenoxy) is 1. The Hall–Kier alpha value is -2.11. The van der Waals surface area contributed by atoms with Crippen LogP contribution in [0.3, 0.4) is 0 Å². The Morgan fingerprint density at radius 3 is 2.62 bits per heavy atom. The number of halogens is 1. The highest BCUT2D eigenvalue weighted by atomic mass is 35.5. The third-order valence-electron chi connectivity index (χ3n) is 3.01. The lowest BCUT2D eigenvalue weighted by Gasteiger charge is -2.15. The van der Waals surface area contributed by atoms with Crippen molar-refractivity contribution >= 4 is 17.3 Å². The van der Waals surface area contributed by atoms with Gasteiger partial charge in [-0.25, -0.2) is 0 Å². The van der Waals surface area contributed by atoms with Gasteiger partial charge >= 0.3 is 0 Å². The first kappa shape index (κ1) is 15.3. The lowest BCUT2D eigenvalue weighted by molar-refractivity contribution is -0.384. The fourth-order valence-corrected chi connectivity index (χ4v) is 2.09. The quantitative estimate of drug-likeness (QED) is 0.652. The number of hydrogen-bond acceptors (Lipinski definition) is 4. The molecule has 0 heterocycles. The summed E-state index contributed by atoms with van der Waals surface area (Å²) in [6, 6.07) is 11.1. The maximum absolute atomic E-state index is 10.7. The minimum absolute atomic E-state index is 0.103. The van der Waals surface area contributed by atoms with Gasteiger partial charge in [-0.05, 0) is 18.6 Å². The van der Waals surface area contributed by atoms with Gasteiger partial charge in [0.05, 0.1) is 16.0 Å². The van der Waals surface area contributed by atoms with Crippen molar-refractivity contribution in [3.63, 3.8) is 0 Å². The highest BCUT2D eigenvalue weighted by Gasteiger charge is 2.15. The summed E-state index contributed by atoms with van der Waals surface area (Å²) in [5, 5.41) is 20.8. The van der Waals surface area contributed by atoms with Gasteiger partial charge < -0.3 is 9.84 Å². The highest BCUT2D eigenvalue weighted by Crippen LogP contribution is 2.35. The Morgan fingerprint density at radius 1 is 1.29 bits per heavy atom. The molecule has 0 aliphatic heterocycles.